The molecule has 1 aromatic rings. The Morgan fingerprint density at radius 1 is 1.69 bits per heavy atom. The molecule has 0 saturated heterocycles. The standard InChI is InChI=1S/C9H18N6O/c1-7(2)15-9(11-6-12-15)5-14(3)4-8(10)13-16/h6-7,16H,4-5H2,1-3H3,(H2,10,13). The van der Waals surface area contributed by atoms with Gasteiger partial charge in [0.05, 0.1) is 13.1 Å². The summed E-state index contributed by atoms with van der Waals surface area (Å²) >= 11 is 0. The van der Waals surface area contributed by atoms with Crippen LogP contribution in [-0.2, 0) is 6.54 Å². The normalized spacial score (nSPS) is 12.7. The van der Waals surface area contributed by atoms with Crippen LogP contribution in [0.1, 0.15) is 25.7 Å². The fourth-order valence-corrected chi connectivity index (χ4v) is 1.42. The van der Waals surface area contributed by atoms with E-state index < -0.39 is 0 Å². The lowest BCUT2D eigenvalue weighted by Gasteiger charge is -2.16. The molecule has 7 heteroatoms. The van der Waals surface area contributed by atoms with E-state index in [0.29, 0.717) is 13.1 Å². The minimum atomic E-state index is 0.179. The Balaban J connectivity index is 2.62. The molecule has 90 valence electrons. The highest BCUT2D eigenvalue weighted by Crippen LogP contribution is 2.06. The van der Waals surface area contributed by atoms with Crippen LogP contribution in [0.25, 0.3) is 0 Å². The molecule has 0 radical (unpaired) electrons. The third-order valence-corrected chi connectivity index (χ3v) is 2.11. The van der Waals surface area contributed by atoms with Crippen LogP contribution >= 0.6 is 0 Å². The third kappa shape index (κ3) is 3.20. The average Bonchev–Trinajstić information content (AvgIpc) is 2.65. The summed E-state index contributed by atoms with van der Waals surface area (Å²) in [5.41, 5.74) is 5.42. The minimum Gasteiger partial charge on any atom is -0.409 e. The van der Waals surface area contributed by atoms with Crippen molar-refractivity contribution >= 4 is 5.84 Å². The lowest BCUT2D eigenvalue weighted by Crippen LogP contribution is -2.31. The van der Waals surface area contributed by atoms with E-state index in [1.807, 2.05) is 30.5 Å². The first-order valence-electron chi connectivity index (χ1n) is 5.08. The number of oxime groups is 1. The van der Waals surface area contributed by atoms with E-state index in [1.54, 1.807) is 0 Å². The van der Waals surface area contributed by atoms with Crippen LogP contribution in [0.3, 0.4) is 0 Å². The van der Waals surface area contributed by atoms with Crippen LogP contribution in [0.15, 0.2) is 11.5 Å². The molecule has 1 aromatic heterocycles. The van der Waals surface area contributed by atoms with E-state index in [4.69, 9.17) is 10.9 Å². The van der Waals surface area contributed by atoms with Crippen LogP contribution in [0.4, 0.5) is 0 Å². The highest BCUT2D eigenvalue weighted by molar-refractivity contribution is 5.81. The number of nitrogens with zero attached hydrogens (tertiary/aromatic N) is 5. The van der Waals surface area contributed by atoms with Gasteiger partial charge in [-0.2, -0.15) is 5.10 Å². The lowest BCUT2D eigenvalue weighted by atomic mass is 10.4. The number of hydrogen-bond donors (Lipinski definition) is 2. The third-order valence-electron chi connectivity index (χ3n) is 2.11. The maximum Gasteiger partial charge on any atom is 0.153 e. The largest absolute Gasteiger partial charge is 0.409 e. The zero-order valence-electron chi connectivity index (χ0n) is 9.83. The molecule has 0 aliphatic heterocycles. The van der Waals surface area contributed by atoms with Gasteiger partial charge in [0, 0.05) is 6.04 Å². The van der Waals surface area contributed by atoms with Crippen LogP contribution in [0, 0.1) is 0 Å². The summed E-state index contributed by atoms with van der Waals surface area (Å²) < 4.78 is 1.85. The van der Waals surface area contributed by atoms with Gasteiger partial charge in [0.2, 0.25) is 0 Å². The Labute approximate surface area is 94.6 Å². The van der Waals surface area contributed by atoms with E-state index in [1.165, 1.54) is 6.33 Å². The zero-order valence-corrected chi connectivity index (χ0v) is 9.83. The molecule has 0 aliphatic rings. The Kier molecular flexibility index (Phi) is 4.24. The van der Waals surface area contributed by atoms with Crippen LogP contribution < -0.4 is 5.73 Å². The first kappa shape index (κ1) is 12.4. The summed E-state index contributed by atoms with van der Waals surface area (Å²) in [6.45, 7) is 5.08. The molecule has 0 unspecified atom stereocenters. The molecule has 0 amide bonds. The van der Waals surface area contributed by atoms with Crippen molar-refractivity contribution in [2.24, 2.45) is 10.9 Å². The topological polar surface area (TPSA) is 92.6 Å². The minimum absolute atomic E-state index is 0.179. The highest BCUT2D eigenvalue weighted by atomic mass is 16.4. The molecule has 0 aliphatic carbocycles. The van der Waals surface area contributed by atoms with Crippen LogP contribution in [-0.4, -0.2) is 44.3 Å². The van der Waals surface area contributed by atoms with Gasteiger partial charge in [0.1, 0.15) is 12.2 Å². The summed E-state index contributed by atoms with van der Waals surface area (Å²) in [6, 6.07) is 0.273. The molecule has 0 spiro atoms. The predicted molar refractivity (Wildman–Crippen MR) is 60.1 cm³/mol. The molecular weight excluding hydrogens is 208 g/mol. The second-order valence-electron chi connectivity index (χ2n) is 3.98. The Hall–Kier alpha value is -1.63. The zero-order chi connectivity index (χ0) is 12.1. The number of hydrogen-bond acceptors (Lipinski definition) is 5. The van der Waals surface area contributed by atoms with Gasteiger partial charge >= 0.3 is 0 Å². The Morgan fingerprint density at radius 3 is 2.94 bits per heavy atom. The molecule has 0 bridgehead atoms. The van der Waals surface area contributed by atoms with Crippen LogP contribution in [0.2, 0.25) is 0 Å². The summed E-state index contributed by atoms with van der Waals surface area (Å²) in [4.78, 5) is 6.08. The smallest absolute Gasteiger partial charge is 0.153 e. The van der Waals surface area contributed by atoms with Gasteiger partial charge in [-0.1, -0.05) is 5.16 Å². The van der Waals surface area contributed by atoms with Crippen molar-refractivity contribution in [1.29, 1.82) is 0 Å². The second kappa shape index (κ2) is 5.45. The van der Waals surface area contributed by atoms with Gasteiger partial charge in [-0.15, -0.1) is 0 Å². The SMILES string of the molecule is CC(C)n1ncnc1CN(C)CC(N)=NO. The fraction of sp³-hybridized carbons (Fsp3) is 0.667. The van der Waals surface area contributed by atoms with E-state index in [2.05, 4.69) is 15.2 Å². The number of likely N-dealkylation sites (N-methyl/N-ethyl adjacent to an activating group) is 1. The molecule has 0 fully saturated rings. The van der Waals surface area contributed by atoms with Crippen molar-refractivity contribution in [3.63, 3.8) is 0 Å². The van der Waals surface area contributed by atoms with E-state index in [-0.39, 0.29) is 11.9 Å². The Bertz CT molecular complexity index is 359. The summed E-state index contributed by atoms with van der Waals surface area (Å²) in [7, 11) is 1.87. The van der Waals surface area contributed by atoms with Crippen molar-refractivity contribution in [3.05, 3.63) is 12.2 Å². The van der Waals surface area contributed by atoms with E-state index in [0.717, 1.165) is 5.82 Å². The van der Waals surface area contributed by atoms with E-state index >= 15 is 0 Å². The van der Waals surface area contributed by atoms with E-state index in [9.17, 15) is 0 Å². The quantitative estimate of drug-likeness (QED) is 0.320. The maximum absolute atomic E-state index is 8.46. The van der Waals surface area contributed by atoms with Crippen molar-refractivity contribution in [2.45, 2.75) is 26.4 Å². The monoisotopic (exact) mass is 226 g/mol. The molecule has 1 heterocycles. The van der Waals surface area contributed by atoms with Gasteiger partial charge in [-0.25, -0.2) is 9.67 Å². The summed E-state index contributed by atoms with van der Waals surface area (Å²) in [5.74, 6) is 1.04. The molecule has 0 saturated carbocycles. The molecule has 3 N–H and O–H groups in total. The molecule has 1 rings (SSSR count). The first-order valence-corrected chi connectivity index (χ1v) is 5.08. The maximum atomic E-state index is 8.46. The predicted octanol–water partition coefficient (Wildman–Crippen LogP) is 0.0372. The number of amidine groups is 1. The van der Waals surface area contributed by atoms with Crippen LogP contribution in [0.5, 0.6) is 0 Å². The lowest BCUT2D eigenvalue weighted by molar-refractivity contribution is 0.304. The molecule has 7 nitrogen and oxygen atoms in total. The van der Waals surface area contributed by atoms with Crippen molar-refractivity contribution < 1.29 is 5.21 Å². The number of rotatable bonds is 5. The highest BCUT2D eigenvalue weighted by Gasteiger charge is 2.10. The second-order valence-corrected chi connectivity index (χ2v) is 3.98. The molecule has 0 atom stereocenters. The fourth-order valence-electron chi connectivity index (χ4n) is 1.42. The number of aromatic nitrogens is 3. The molecule has 16 heavy (non-hydrogen) atoms. The number of nitrogens with two attached hydrogens (primary N) is 1. The molecule has 0 aromatic carbocycles. The molecular formula is C9H18N6O. The summed E-state index contributed by atoms with van der Waals surface area (Å²) in [5, 5.41) is 15.5. The van der Waals surface area contributed by atoms with Crippen molar-refractivity contribution in [2.75, 3.05) is 13.6 Å². The van der Waals surface area contributed by atoms with Gasteiger partial charge in [-0.3, -0.25) is 4.90 Å². The van der Waals surface area contributed by atoms with Gasteiger partial charge in [-0.05, 0) is 20.9 Å². The first-order chi connectivity index (χ1) is 7.54. The van der Waals surface area contributed by atoms with Crippen molar-refractivity contribution in [3.8, 4) is 0 Å². The Morgan fingerprint density at radius 2 is 2.38 bits per heavy atom. The van der Waals surface area contributed by atoms with Gasteiger partial charge < -0.3 is 10.9 Å². The van der Waals surface area contributed by atoms with Gasteiger partial charge in [0.15, 0.2) is 5.84 Å². The average molecular weight is 226 g/mol. The van der Waals surface area contributed by atoms with Gasteiger partial charge in [0.25, 0.3) is 0 Å². The van der Waals surface area contributed by atoms with Crippen molar-refractivity contribution in [1.82, 2.24) is 19.7 Å². The summed E-state index contributed by atoms with van der Waals surface area (Å²) in [6.07, 6.45) is 1.53.